The second-order valence-electron chi connectivity index (χ2n) is 7.80. The van der Waals surface area contributed by atoms with Gasteiger partial charge in [-0.15, -0.1) is 0 Å². The Morgan fingerprint density at radius 2 is 1.64 bits per heavy atom. The minimum atomic E-state index is -1.30. The van der Waals surface area contributed by atoms with Crippen LogP contribution in [0.5, 0.6) is 28.7 Å². The normalized spacial score (nSPS) is 22.8. The first-order valence-corrected chi connectivity index (χ1v) is 10.1. The van der Waals surface area contributed by atoms with E-state index < -0.39 is 23.9 Å². The number of phenolic OH excluding ortho intramolecular Hbond substituents is 2. The van der Waals surface area contributed by atoms with E-state index in [4.69, 9.17) is 23.4 Å². The highest BCUT2D eigenvalue weighted by atomic mass is 16.7. The second kappa shape index (κ2) is 8.81. The Kier molecular flexibility index (Phi) is 6.07. The van der Waals surface area contributed by atoms with Gasteiger partial charge in [-0.05, 0) is 12.1 Å². The minimum Gasteiger partial charge on any atom is -0.507 e. The van der Waals surface area contributed by atoms with E-state index in [-0.39, 0.29) is 58.0 Å². The number of methoxy groups -OCH3 is 2. The molecule has 10 heteroatoms. The number of aliphatic hydroxyl groups is 2. The minimum absolute atomic E-state index is 0.0118. The van der Waals surface area contributed by atoms with E-state index in [9.17, 15) is 25.2 Å². The van der Waals surface area contributed by atoms with Crippen LogP contribution in [0.15, 0.2) is 39.5 Å². The van der Waals surface area contributed by atoms with E-state index in [1.807, 2.05) is 0 Å². The molecule has 3 aromatic rings. The maximum absolute atomic E-state index is 12.7. The van der Waals surface area contributed by atoms with Crippen LogP contribution in [0.25, 0.3) is 22.3 Å². The standard InChI is InChI=1S/C23H24O10/c1-10-9-31-23(22(28)20(10)26)32-12-6-13(24)19-14(25)8-15(33-16(19)7-12)11-4-17(29-2)21(27)18(5-11)30-3/h4-8,10,20,22-24,26-28H,9H2,1-3H3/t10-,20+,22-,23+/m1/s1. The summed E-state index contributed by atoms with van der Waals surface area (Å²) in [5, 5.41) is 40.8. The molecule has 0 aliphatic carbocycles. The summed E-state index contributed by atoms with van der Waals surface area (Å²) in [6, 6.07) is 6.70. The highest BCUT2D eigenvalue weighted by molar-refractivity contribution is 5.86. The van der Waals surface area contributed by atoms with E-state index >= 15 is 0 Å². The Morgan fingerprint density at radius 1 is 0.970 bits per heavy atom. The van der Waals surface area contributed by atoms with Gasteiger partial charge in [-0.25, -0.2) is 0 Å². The Hall–Kier alpha value is -3.47. The van der Waals surface area contributed by atoms with Crippen molar-refractivity contribution in [2.45, 2.75) is 25.4 Å². The van der Waals surface area contributed by atoms with Crippen LogP contribution in [0.4, 0.5) is 0 Å². The molecule has 1 fully saturated rings. The maximum Gasteiger partial charge on any atom is 0.228 e. The molecule has 1 aliphatic heterocycles. The molecule has 0 amide bonds. The molecule has 4 atom stereocenters. The monoisotopic (exact) mass is 460 g/mol. The number of ether oxygens (including phenoxy) is 4. The Bertz CT molecular complexity index is 1210. The zero-order valence-corrected chi connectivity index (χ0v) is 18.1. The van der Waals surface area contributed by atoms with Crippen LogP contribution in [0.2, 0.25) is 0 Å². The van der Waals surface area contributed by atoms with E-state index in [1.54, 1.807) is 6.92 Å². The fraction of sp³-hybridized carbons (Fsp3) is 0.348. The van der Waals surface area contributed by atoms with Crippen molar-refractivity contribution in [3.63, 3.8) is 0 Å². The van der Waals surface area contributed by atoms with Crippen LogP contribution in [-0.4, -0.2) is 59.8 Å². The number of benzene rings is 2. The van der Waals surface area contributed by atoms with Crippen LogP contribution in [0.3, 0.4) is 0 Å². The van der Waals surface area contributed by atoms with Gasteiger partial charge in [-0.3, -0.25) is 4.79 Å². The smallest absolute Gasteiger partial charge is 0.228 e. The third-order valence-electron chi connectivity index (χ3n) is 5.54. The lowest BCUT2D eigenvalue weighted by Crippen LogP contribution is -2.51. The SMILES string of the molecule is COc1cc(-c2cc(=O)c3c(O)cc(O[C@@H]4OC[C@@H](C)[C@H](O)[C@H]4O)cc3o2)cc(OC)c1O. The first-order valence-electron chi connectivity index (χ1n) is 10.1. The molecule has 0 unspecified atom stereocenters. The Labute approximate surface area is 188 Å². The number of rotatable bonds is 5. The van der Waals surface area contributed by atoms with Crippen LogP contribution in [0.1, 0.15) is 6.92 Å². The summed E-state index contributed by atoms with van der Waals surface area (Å²) >= 11 is 0. The third kappa shape index (κ3) is 4.15. The largest absolute Gasteiger partial charge is 0.507 e. The van der Waals surface area contributed by atoms with Crippen molar-refractivity contribution in [1.82, 2.24) is 0 Å². The molecular weight excluding hydrogens is 436 g/mol. The summed E-state index contributed by atoms with van der Waals surface area (Å²) in [6.45, 7) is 1.90. The topological polar surface area (TPSA) is 148 Å². The molecule has 4 rings (SSSR count). The summed E-state index contributed by atoms with van der Waals surface area (Å²) in [4.78, 5) is 12.7. The molecule has 176 valence electrons. The first-order chi connectivity index (χ1) is 15.7. The zero-order chi connectivity index (χ0) is 23.9. The van der Waals surface area contributed by atoms with Crippen LogP contribution >= 0.6 is 0 Å². The van der Waals surface area contributed by atoms with Gasteiger partial charge in [0.1, 0.15) is 34.3 Å². The van der Waals surface area contributed by atoms with Crippen LogP contribution in [-0.2, 0) is 4.74 Å². The maximum atomic E-state index is 12.7. The Morgan fingerprint density at radius 3 is 2.27 bits per heavy atom. The number of phenols is 2. The molecule has 0 spiro atoms. The van der Waals surface area contributed by atoms with Crippen molar-refractivity contribution in [3.8, 4) is 40.1 Å². The summed E-state index contributed by atoms with van der Waals surface area (Å²) in [7, 11) is 2.74. The van der Waals surface area contributed by atoms with Gasteiger partial charge in [0.05, 0.1) is 26.9 Å². The van der Waals surface area contributed by atoms with Crippen molar-refractivity contribution < 1.29 is 43.8 Å². The lowest BCUT2D eigenvalue weighted by molar-refractivity contribution is -0.225. The highest BCUT2D eigenvalue weighted by Crippen LogP contribution is 2.41. The zero-order valence-electron chi connectivity index (χ0n) is 18.1. The number of hydrogen-bond acceptors (Lipinski definition) is 10. The summed E-state index contributed by atoms with van der Waals surface area (Å²) in [5.74, 6) is -0.451. The number of aliphatic hydroxyl groups excluding tert-OH is 2. The van der Waals surface area contributed by atoms with Crippen molar-refractivity contribution in [3.05, 3.63) is 40.6 Å². The predicted molar refractivity (Wildman–Crippen MR) is 116 cm³/mol. The molecular formula is C23H24O10. The summed E-state index contributed by atoms with van der Waals surface area (Å²) in [5.41, 5.74) is -0.119. The predicted octanol–water partition coefficient (Wildman–Crippen LogP) is 1.98. The molecule has 1 saturated heterocycles. The molecule has 0 bridgehead atoms. The number of aromatic hydroxyl groups is 2. The second-order valence-corrected chi connectivity index (χ2v) is 7.80. The van der Waals surface area contributed by atoms with Crippen molar-refractivity contribution in [1.29, 1.82) is 0 Å². The quantitative estimate of drug-likeness (QED) is 0.445. The molecule has 0 saturated carbocycles. The van der Waals surface area contributed by atoms with Gasteiger partial charge in [-0.2, -0.15) is 0 Å². The summed E-state index contributed by atoms with van der Waals surface area (Å²) in [6.07, 6.45) is -3.52. The molecule has 4 N–H and O–H groups in total. The van der Waals surface area contributed by atoms with Gasteiger partial charge in [0.2, 0.25) is 12.0 Å². The molecule has 2 aromatic carbocycles. The van der Waals surface area contributed by atoms with Gasteiger partial charge in [-0.1, -0.05) is 6.92 Å². The van der Waals surface area contributed by atoms with E-state index in [0.29, 0.717) is 5.56 Å². The fourth-order valence-corrected chi connectivity index (χ4v) is 3.67. The van der Waals surface area contributed by atoms with Gasteiger partial charge in [0.25, 0.3) is 0 Å². The lowest BCUT2D eigenvalue weighted by Gasteiger charge is -2.35. The summed E-state index contributed by atoms with van der Waals surface area (Å²) < 4.78 is 27.2. The number of hydrogen-bond donors (Lipinski definition) is 4. The number of fused-ring (bicyclic) bond motifs is 1. The molecule has 0 radical (unpaired) electrons. The molecule has 33 heavy (non-hydrogen) atoms. The fourth-order valence-electron chi connectivity index (χ4n) is 3.67. The molecule has 1 aliphatic rings. The average Bonchev–Trinajstić information content (AvgIpc) is 2.79. The van der Waals surface area contributed by atoms with E-state index in [2.05, 4.69) is 0 Å². The third-order valence-corrected chi connectivity index (χ3v) is 5.54. The average molecular weight is 460 g/mol. The van der Waals surface area contributed by atoms with Gasteiger partial charge >= 0.3 is 0 Å². The van der Waals surface area contributed by atoms with E-state index in [0.717, 1.165) is 0 Å². The van der Waals surface area contributed by atoms with Crippen molar-refractivity contribution in [2.75, 3.05) is 20.8 Å². The Balaban J connectivity index is 1.76. The van der Waals surface area contributed by atoms with Crippen molar-refractivity contribution in [2.24, 2.45) is 5.92 Å². The lowest BCUT2D eigenvalue weighted by atomic mass is 9.98. The molecule has 2 heterocycles. The molecule has 1 aromatic heterocycles. The van der Waals surface area contributed by atoms with Gasteiger partial charge in [0, 0.05) is 29.7 Å². The van der Waals surface area contributed by atoms with Crippen molar-refractivity contribution >= 4 is 11.0 Å². The van der Waals surface area contributed by atoms with E-state index in [1.165, 1.54) is 44.6 Å². The molecule has 10 nitrogen and oxygen atoms in total. The van der Waals surface area contributed by atoms with Crippen LogP contribution in [0, 0.1) is 5.92 Å². The highest BCUT2D eigenvalue weighted by Gasteiger charge is 2.37. The van der Waals surface area contributed by atoms with Gasteiger partial charge in [0.15, 0.2) is 16.9 Å². The van der Waals surface area contributed by atoms with Gasteiger partial charge < -0.3 is 43.8 Å². The van der Waals surface area contributed by atoms with Crippen LogP contribution < -0.4 is 19.6 Å². The first kappa shape index (κ1) is 22.7.